The minimum absolute atomic E-state index is 0.0402. The monoisotopic (exact) mass is 340 g/mol. The van der Waals surface area contributed by atoms with Gasteiger partial charge in [0.2, 0.25) is 11.8 Å². The molecule has 0 radical (unpaired) electrons. The van der Waals surface area contributed by atoms with E-state index in [9.17, 15) is 14.0 Å². The van der Waals surface area contributed by atoms with Gasteiger partial charge < -0.3 is 15.0 Å². The molecule has 23 heavy (non-hydrogen) atoms. The van der Waals surface area contributed by atoms with Crippen LogP contribution in [0.1, 0.15) is 19.3 Å². The molecule has 0 aromatic heterocycles. The smallest absolute Gasteiger partial charge is 0.227 e. The highest BCUT2D eigenvalue weighted by Crippen LogP contribution is 2.28. The molecule has 0 aliphatic carbocycles. The second-order valence-corrected chi connectivity index (χ2v) is 6.29. The number of amides is 2. The van der Waals surface area contributed by atoms with Crippen molar-refractivity contribution in [2.24, 2.45) is 5.92 Å². The first kappa shape index (κ1) is 16.2. The number of ether oxygens (including phenoxy) is 1. The number of nitrogens with zero attached hydrogens (tertiary/aromatic N) is 1. The molecule has 2 atom stereocenters. The number of carbonyl (C=O) groups is 2. The zero-order valence-electron chi connectivity index (χ0n) is 12.6. The molecule has 0 saturated carbocycles. The van der Waals surface area contributed by atoms with Crippen LogP contribution in [0.15, 0.2) is 18.2 Å². The summed E-state index contributed by atoms with van der Waals surface area (Å²) >= 11 is 5.76. The standard InChI is InChI=1S/C16H18ClFN2O3/c17-13-7-11(3-4-14(13)18)20-9-10(6-15(20)21)16(22)19-8-12-2-1-5-23-12/h3-4,7,10,12H,1-2,5-6,8-9H2,(H,19,22)/t10-,12+/m1/s1. The van der Waals surface area contributed by atoms with Gasteiger partial charge in [0, 0.05) is 31.8 Å². The maximum atomic E-state index is 13.2. The van der Waals surface area contributed by atoms with Gasteiger partial charge in [-0.05, 0) is 31.0 Å². The van der Waals surface area contributed by atoms with Gasteiger partial charge in [0.25, 0.3) is 0 Å². The molecule has 0 unspecified atom stereocenters. The molecule has 7 heteroatoms. The van der Waals surface area contributed by atoms with Crippen LogP contribution in [0, 0.1) is 11.7 Å². The predicted molar refractivity (Wildman–Crippen MR) is 83.9 cm³/mol. The first-order chi connectivity index (χ1) is 11.0. The summed E-state index contributed by atoms with van der Waals surface area (Å²) in [7, 11) is 0. The number of nitrogens with one attached hydrogen (secondary N) is 1. The second-order valence-electron chi connectivity index (χ2n) is 5.88. The molecule has 0 spiro atoms. The Morgan fingerprint density at radius 2 is 2.30 bits per heavy atom. The Morgan fingerprint density at radius 3 is 3.00 bits per heavy atom. The Bertz CT molecular complexity index is 619. The first-order valence-corrected chi connectivity index (χ1v) is 8.07. The lowest BCUT2D eigenvalue weighted by molar-refractivity contribution is -0.126. The number of carbonyl (C=O) groups excluding carboxylic acids is 2. The SMILES string of the molecule is O=C(NC[C@@H]1CCCO1)[C@@H]1CC(=O)N(c2ccc(F)c(Cl)c2)C1. The lowest BCUT2D eigenvalue weighted by Crippen LogP contribution is -2.37. The molecule has 2 fully saturated rings. The quantitative estimate of drug-likeness (QED) is 0.913. The summed E-state index contributed by atoms with van der Waals surface area (Å²) in [5, 5.41) is 2.81. The van der Waals surface area contributed by atoms with Crippen molar-refractivity contribution >= 4 is 29.1 Å². The Hall–Kier alpha value is -1.66. The minimum atomic E-state index is -0.534. The molecule has 124 valence electrons. The number of hydrogen-bond acceptors (Lipinski definition) is 3. The normalized spacial score (nSPS) is 24.3. The van der Waals surface area contributed by atoms with Gasteiger partial charge in [-0.25, -0.2) is 4.39 Å². The average Bonchev–Trinajstić information content (AvgIpc) is 3.17. The zero-order valence-corrected chi connectivity index (χ0v) is 13.3. The molecule has 3 rings (SSSR count). The number of hydrogen-bond donors (Lipinski definition) is 1. The van der Waals surface area contributed by atoms with Crippen LogP contribution in [0.4, 0.5) is 10.1 Å². The minimum Gasteiger partial charge on any atom is -0.376 e. The van der Waals surface area contributed by atoms with Crippen molar-refractivity contribution in [3.63, 3.8) is 0 Å². The van der Waals surface area contributed by atoms with Crippen LogP contribution < -0.4 is 10.2 Å². The topological polar surface area (TPSA) is 58.6 Å². The Balaban J connectivity index is 1.59. The summed E-state index contributed by atoms with van der Waals surface area (Å²) in [6, 6.07) is 4.11. The van der Waals surface area contributed by atoms with E-state index < -0.39 is 11.7 Å². The van der Waals surface area contributed by atoms with Crippen molar-refractivity contribution in [1.82, 2.24) is 5.32 Å². The summed E-state index contributed by atoms with van der Waals surface area (Å²) in [5.74, 6) is -1.25. The van der Waals surface area contributed by atoms with E-state index in [4.69, 9.17) is 16.3 Å². The summed E-state index contributed by atoms with van der Waals surface area (Å²) in [6.07, 6.45) is 2.18. The number of benzene rings is 1. The van der Waals surface area contributed by atoms with Gasteiger partial charge >= 0.3 is 0 Å². The third-order valence-corrected chi connectivity index (χ3v) is 4.53. The largest absolute Gasteiger partial charge is 0.376 e. The molecule has 2 saturated heterocycles. The van der Waals surface area contributed by atoms with E-state index in [-0.39, 0.29) is 35.9 Å². The highest BCUT2D eigenvalue weighted by molar-refractivity contribution is 6.31. The fraction of sp³-hybridized carbons (Fsp3) is 0.500. The van der Waals surface area contributed by atoms with E-state index in [1.165, 1.54) is 23.1 Å². The second kappa shape index (κ2) is 6.84. The molecule has 5 nitrogen and oxygen atoms in total. The van der Waals surface area contributed by atoms with Crippen LogP contribution in [0.2, 0.25) is 5.02 Å². The molecule has 2 amide bonds. The lowest BCUT2D eigenvalue weighted by Gasteiger charge is -2.17. The summed E-state index contributed by atoms with van der Waals surface area (Å²) in [4.78, 5) is 25.8. The Morgan fingerprint density at radius 1 is 1.48 bits per heavy atom. The van der Waals surface area contributed by atoms with E-state index in [0.29, 0.717) is 12.2 Å². The molecule has 1 N–H and O–H groups in total. The highest BCUT2D eigenvalue weighted by atomic mass is 35.5. The van der Waals surface area contributed by atoms with E-state index >= 15 is 0 Å². The number of anilines is 1. The van der Waals surface area contributed by atoms with Gasteiger partial charge in [0.1, 0.15) is 5.82 Å². The van der Waals surface area contributed by atoms with Crippen molar-refractivity contribution in [3.8, 4) is 0 Å². The molecule has 0 bridgehead atoms. The van der Waals surface area contributed by atoms with Crippen LogP contribution in [0.3, 0.4) is 0 Å². The van der Waals surface area contributed by atoms with Crippen LogP contribution in [0.25, 0.3) is 0 Å². The van der Waals surface area contributed by atoms with Gasteiger partial charge in [0.15, 0.2) is 0 Å². The van der Waals surface area contributed by atoms with E-state index in [1.807, 2.05) is 0 Å². The van der Waals surface area contributed by atoms with Crippen molar-refractivity contribution in [2.75, 3.05) is 24.6 Å². The van der Waals surface area contributed by atoms with Gasteiger partial charge in [-0.3, -0.25) is 9.59 Å². The first-order valence-electron chi connectivity index (χ1n) is 7.69. The lowest BCUT2D eigenvalue weighted by atomic mass is 10.1. The van der Waals surface area contributed by atoms with Crippen molar-refractivity contribution in [1.29, 1.82) is 0 Å². The van der Waals surface area contributed by atoms with Crippen LogP contribution in [-0.4, -0.2) is 37.6 Å². The molecule has 1 aromatic rings. The molecule has 2 heterocycles. The van der Waals surface area contributed by atoms with E-state index in [2.05, 4.69) is 5.32 Å². The molecule has 2 aliphatic rings. The Labute approximate surface area is 138 Å². The van der Waals surface area contributed by atoms with Crippen LogP contribution in [-0.2, 0) is 14.3 Å². The third-order valence-electron chi connectivity index (χ3n) is 4.24. The Kier molecular flexibility index (Phi) is 4.82. The molecular formula is C16H18ClFN2O3. The van der Waals surface area contributed by atoms with Gasteiger partial charge in [-0.1, -0.05) is 11.6 Å². The summed E-state index contributed by atoms with van der Waals surface area (Å²) < 4.78 is 18.7. The van der Waals surface area contributed by atoms with Crippen molar-refractivity contribution < 1.29 is 18.7 Å². The fourth-order valence-electron chi connectivity index (χ4n) is 2.95. The van der Waals surface area contributed by atoms with Crippen LogP contribution in [0.5, 0.6) is 0 Å². The van der Waals surface area contributed by atoms with E-state index in [1.54, 1.807) is 0 Å². The molecule has 2 aliphatic heterocycles. The summed E-state index contributed by atoms with van der Waals surface area (Å²) in [5.41, 5.74) is 0.510. The van der Waals surface area contributed by atoms with E-state index in [0.717, 1.165) is 19.4 Å². The maximum absolute atomic E-state index is 13.2. The van der Waals surface area contributed by atoms with Gasteiger partial charge in [-0.15, -0.1) is 0 Å². The molecule has 1 aromatic carbocycles. The summed E-state index contributed by atoms with van der Waals surface area (Å²) in [6.45, 7) is 1.49. The van der Waals surface area contributed by atoms with Crippen molar-refractivity contribution in [2.45, 2.75) is 25.4 Å². The maximum Gasteiger partial charge on any atom is 0.227 e. The number of halogens is 2. The van der Waals surface area contributed by atoms with Crippen LogP contribution >= 0.6 is 11.6 Å². The van der Waals surface area contributed by atoms with Crippen molar-refractivity contribution in [3.05, 3.63) is 29.0 Å². The number of rotatable bonds is 4. The highest BCUT2D eigenvalue weighted by Gasteiger charge is 2.35. The average molecular weight is 341 g/mol. The zero-order chi connectivity index (χ0) is 16.4. The van der Waals surface area contributed by atoms with Gasteiger partial charge in [0.05, 0.1) is 17.0 Å². The molecular weight excluding hydrogens is 323 g/mol. The van der Waals surface area contributed by atoms with Gasteiger partial charge in [-0.2, -0.15) is 0 Å². The predicted octanol–water partition coefficient (Wildman–Crippen LogP) is 2.13. The fourth-order valence-corrected chi connectivity index (χ4v) is 3.12. The third kappa shape index (κ3) is 3.64.